The highest BCUT2D eigenvalue weighted by Crippen LogP contribution is 2.49. The molecule has 0 amide bonds. The molecule has 0 radical (unpaired) electrons. The molecule has 0 aromatic carbocycles. The second-order valence-corrected chi connectivity index (χ2v) is 5.99. The zero-order valence-corrected chi connectivity index (χ0v) is 10.2. The second kappa shape index (κ2) is 9.30. The van der Waals surface area contributed by atoms with Gasteiger partial charge in [-0.05, 0) is 25.2 Å². The van der Waals surface area contributed by atoms with Gasteiger partial charge in [-0.1, -0.05) is 26.7 Å². The third-order valence-electron chi connectivity index (χ3n) is 1.71. The van der Waals surface area contributed by atoms with E-state index in [0.717, 1.165) is 38.0 Å². The quantitative estimate of drug-likeness (QED) is 0.625. The molecule has 80 valence electrons. The van der Waals surface area contributed by atoms with Gasteiger partial charge in [0.2, 0.25) is 0 Å². The van der Waals surface area contributed by atoms with E-state index in [4.69, 9.17) is 14.1 Å². The monoisotopic (exact) mass is 226 g/mol. The topological polar surface area (TPSA) is 49.7 Å². The Balaban J connectivity index is 3.60. The minimum Gasteiger partial charge on any atom is -0.328 e. The highest BCUT2D eigenvalue weighted by molar-refractivity contribution is 7.61. The molecule has 2 N–H and O–H groups in total. The Bertz CT molecular complexity index is 104. The number of rotatable bonds is 8. The Hall–Kier alpha value is 0.740. The molecule has 5 heteroatoms. The predicted octanol–water partition coefficient (Wildman–Crippen LogP) is 3.21. The van der Waals surface area contributed by atoms with Crippen LogP contribution < -0.4 is 0 Å². The van der Waals surface area contributed by atoms with Crippen molar-refractivity contribution in [3.63, 3.8) is 0 Å². The van der Waals surface area contributed by atoms with Crippen molar-refractivity contribution in [3.8, 4) is 0 Å². The van der Waals surface area contributed by atoms with E-state index in [9.17, 15) is 0 Å². The molecule has 0 aromatic heterocycles. The summed E-state index contributed by atoms with van der Waals surface area (Å²) in [4.78, 5) is 17.5. The first-order chi connectivity index (χ1) is 6.20. The van der Waals surface area contributed by atoms with Gasteiger partial charge in [-0.15, -0.1) is 0 Å². The van der Waals surface area contributed by atoms with Crippen molar-refractivity contribution in [2.24, 2.45) is 0 Å². The van der Waals surface area contributed by atoms with E-state index in [2.05, 4.69) is 13.8 Å². The van der Waals surface area contributed by atoms with Crippen LogP contribution in [0.25, 0.3) is 0 Å². The molecule has 0 spiro atoms. The summed E-state index contributed by atoms with van der Waals surface area (Å²) < 4.78 is 5.10. The lowest BCUT2D eigenvalue weighted by Crippen LogP contribution is -1.92. The standard InChI is InChI=1S/C8H20O3P2/c1-3-5-7-12(8-6-4-2)11-13(9)10/h9-10H,3-8H2,1-2H3. The van der Waals surface area contributed by atoms with Crippen LogP contribution in [0.4, 0.5) is 0 Å². The fourth-order valence-corrected chi connectivity index (χ4v) is 4.01. The Morgan fingerprint density at radius 1 is 1.00 bits per heavy atom. The summed E-state index contributed by atoms with van der Waals surface area (Å²) in [5.74, 6) is 0. The van der Waals surface area contributed by atoms with E-state index in [1.807, 2.05) is 0 Å². The molecule has 3 nitrogen and oxygen atoms in total. The first-order valence-corrected chi connectivity index (χ1v) is 7.61. The average molecular weight is 226 g/mol. The largest absolute Gasteiger partial charge is 0.330 e. The van der Waals surface area contributed by atoms with Gasteiger partial charge in [0.05, 0.1) is 0 Å². The number of unbranched alkanes of at least 4 members (excludes halogenated alkanes) is 2. The lowest BCUT2D eigenvalue weighted by Gasteiger charge is -2.16. The van der Waals surface area contributed by atoms with Crippen molar-refractivity contribution in [1.29, 1.82) is 0 Å². The summed E-state index contributed by atoms with van der Waals surface area (Å²) >= 11 is 0. The Kier molecular flexibility index (Phi) is 9.83. The smallest absolute Gasteiger partial charge is 0.328 e. The van der Waals surface area contributed by atoms with Crippen molar-refractivity contribution in [1.82, 2.24) is 0 Å². The SMILES string of the molecule is CCCCP(CCCC)OP(O)O. The van der Waals surface area contributed by atoms with Gasteiger partial charge in [0, 0.05) is 8.15 Å². The van der Waals surface area contributed by atoms with Crippen molar-refractivity contribution < 1.29 is 14.1 Å². The summed E-state index contributed by atoms with van der Waals surface area (Å²) in [6.07, 6.45) is 6.54. The predicted molar refractivity (Wildman–Crippen MR) is 58.9 cm³/mol. The van der Waals surface area contributed by atoms with Crippen molar-refractivity contribution in [2.45, 2.75) is 39.5 Å². The van der Waals surface area contributed by atoms with E-state index in [1.54, 1.807) is 0 Å². The molecule has 0 unspecified atom stereocenters. The minimum absolute atomic E-state index is 0.583. The van der Waals surface area contributed by atoms with Gasteiger partial charge in [0.1, 0.15) is 0 Å². The molecular weight excluding hydrogens is 206 g/mol. The van der Waals surface area contributed by atoms with Crippen LogP contribution in [-0.4, -0.2) is 22.1 Å². The maximum atomic E-state index is 8.74. The maximum Gasteiger partial charge on any atom is 0.330 e. The summed E-state index contributed by atoms with van der Waals surface area (Å²) in [5, 5.41) is 0. The first kappa shape index (κ1) is 13.7. The molecule has 0 saturated carbocycles. The fraction of sp³-hybridized carbons (Fsp3) is 1.00. The molecular formula is C8H20O3P2. The lowest BCUT2D eigenvalue weighted by atomic mass is 10.4. The lowest BCUT2D eigenvalue weighted by molar-refractivity contribution is 0.389. The van der Waals surface area contributed by atoms with Crippen LogP contribution in [0, 0.1) is 0 Å². The molecule has 0 aliphatic carbocycles. The van der Waals surface area contributed by atoms with Gasteiger partial charge >= 0.3 is 8.60 Å². The van der Waals surface area contributed by atoms with Crippen LogP contribution in [0.5, 0.6) is 0 Å². The van der Waals surface area contributed by atoms with Crippen molar-refractivity contribution >= 4 is 16.8 Å². The zero-order chi connectivity index (χ0) is 10.1. The van der Waals surface area contributed by atoms with Crippen LogP contribution in [0.15, 0.2) is 0 Å². The maximum absolute atomic E-state index is 8.74. The highest BCUT2D eigenvalue weighted by Gasteiger charge is 2.12. The second-order valence-electron chi connectivity index (χ2n) is 2.97. The summed E-state index contributed by atoms with van der Waals surface area (Å²) in [6, 6.07) is 0. The third kappa shape index (κ3) is 9.05. The van der Waals surface area contributed by atoms with Crippen LogP contribution in [0.2, 0.25) is 0 Å². The summed E-state index contributed by atoms with van der Waals surface area (Å²) in [7, 11) is -2.73. The Morgan fingerprint density at radius 2 is 1.46 bits per heavy atom. The van der Waals surface area contributed by atoms with Gasteiger partial charge in [-0.25, -0.2) is 0 Å². The van der Waals surface area contributed by atoms with E-state index < -0.39 is 16.8 Å². The van der Waals surface area contributed by atoms with Crippen LogP contribution >= 0.6 is 16.8 Å². The highest BCUT2D eigenvalue weighted by atomic mass is 31.2. The average Bonchev–Trinajstić information content (AvgIpc) is 2.09. The molecule has 0 fully saturated rings. The van der Waals surface area contributed by atoms with E-state index in [1.165, 1.54) is 0 Å². The molecule has 0 atom stereocenters. The minimum atomic E-state index is -2.14. The Morgan fingerprint density at radius 3 is 1.77 bits per heavy atom. The van der Waals surface area contributed by atoms with Gasteiger partial charge < -0.3 is 9.79 Å². The van der Waals surface area contributed by atoms with Crippen molar-refractivity contribution in [3.05, 3.63) is 0 Å². The zero-order valence-electron chi connectivity index (χ0n) is 8.44. The number of hydrogen-bond acceptors (Lipinski definition) is 3. The molecule has 0 aliphatic rings. The van der Waals surface area contributed by atoms with Crippen molar-refractivity contribution in [2.75, 3.05) is 12.3 Å². The molecule has 0 aromatic rings. The van der Waals surface area contributed by atoms with Crippen LogP contribution in [0.1, 0.15) is 39.5 Å². The molecule has 0 aliphatic heterocycles. The summed E-state index contributed by atoms with van der Waals surface area (Å²) in [5.41, 5.74) is 0. The molecule has 0 saturated heterocycles. The molecule has 0 rings (SSSR count). The molecule has 0 bridgehead atoms. The van der Waals surface area contributed by atoms with Gasteiger partial charge in [-0.2, -0.15) is 0 Å². The van der Waals surface area contributed by atoms with E-state index >= 15 is 0 Å². The Labute approximate surface area is 83.3 Å². The molecule has 0 heterocycles. The summed E-state index contributed by atoms with van der Waals surface area (Å²) in [6.45, 7) is 4.27. The fourth-order valence-electron chi connectivity index (χ4n) is 0.966. The van der Waals surface area contributed by atoms with Crippen LogP contribution in [-0.2, 0) is 4.31 Å². The number of hydrogen-bond donors (Lipinski definition) is 2. The van der Waals surface area contributed by atoms with Crippen LogP contribution in [0.3, 0.4) is 0 Å². The van der Waals surface area contributed by atoms with E-state index in [-0.39, 0.29) is 0 Å². The van der Waals surface area contributed by atoms with E-state index in [0.29, 0.717) is 0 Å². The van der Waals surface area contributed by atoms with Gasteiger partial charge in [0.15, 0.2) is 0 Å². The third-order valence-corrected chi connectivity index (χ3v) is 4.85. The normalized spacial score (nSPS) is 11.5. The van der Waals surface area contributed by atoms with Gasteiger partial charge in [0.25, 0.3) is 0 Å². The first-order valence-electron chi connectivity index (χ1n) is 4.81. The van der Waals surface area contributed by atoms with Gasteiger partial charge in [-0.3, -0.25) is 4.31 Å². The molecule has 13 heavy (non-hydrogen) atoms.